The van der Waals surface area contributed by atoms with Crippen LogP contribution < -0.4 is 15.8 Å². The quantitative estimate of drug-likeness (QED) is 0.193. The van der Waals surface area contributed by atoms with E-state index in [1.165, 1.54) is 12.0 Å². The summed E-state index contributed by atoms with van der Waals surface area (Å²) >= 11 is 6.02. The van der Waals surface area contributed by atoms with Crippen molar-refractivity contribution in [3.8, 4) is 5.75 Å². The number of ether oxygens (including phenoxy) is 1. The van der Waals surface area contributed by atoms with Crippen LogP contribution in [0.2, 0.25) is 5.02 Å². The SMILES string of the molecule is CCc1cccc(ON/C(NOC)=C(/C(=O)N(C)CCOCCO)N(C)Cc2ccc(Cl)cc2)c1. The number of hydrogen-bond acceptors (Lipinski definition) is 8. The Labute approximate surface area is 212 Å². The van der Waals surface area contributed by atoms with Crippen LogP contribution in [0.4, 0.5) is 0 Å². The zero-order valence-electron chi connectivity index (χ0n) is 20.7. The number of nitrogens with zero attached hydrogens (tertiary/aromatic N) is 2. The van der Waals surface area contributed by atoms with Crippen LogP contribution in [-0.2, 0) is 27.3 Å². The van der Waals surface area contributed by atoms with Gasteiger partial charge in [-0.2, -0.15) is 0 Å². The Balaban J connectivity index is 2.32. The lowest BCUT2D eigenvalue weighted by atomic mass is 10.2. The number of rotatable bonds is 15. The second-order valence-corrected chi connectivity index (χ2v) is 8.22. The van der Waals surface area contributed by atoms with Crippen molar-refractivity contribution in [2.24, 2.45) is 0 Å². The summed E-state index contributed by atoms with van der Waals surface area (Å²) in [6.07, 6.45) is 0.868. The summed E-state index contributed by atoms with van der Waals surface area (Å²) in [5.74, 6) is 0.545. The number of hydrogen-bond donors (Lipinski definition) is 3. The molecule has 0 aliphatic rings. The maximum Gasteiger partial charge on any atom is 0.273 e. The number of halogens is 1. The molecule has 9 nitrogen and oxygen atoms in total. The topological polar surface area (TPSA) is 95.5 Å². The summed E-state index contributed by atoms with van der Waals surface area (Å²) in [5.41, 5.74) is 7.95. The zero-order valence-corrected chi connectivity index (χ0v) is 21.5. The van der Waals surface area contributed by atoms with E-state index >= 15 is 0 Å². The summed E-state index contributed by atoms with van der Waals surface area (Å²) in [5, 5.41) is 9.54. The third-order valence-corrected chi connectivity index (χ3v) is 5.34. The Morgan fingerprint density at radius 3 is 2.43 bits per heavy atom. The van der Waals surface area contributed by atoms with Gasteiger partial charge in [0, 0.05) is 32.2 Å². The second kappa shape index (κ2) is 15.1. The third-order valence-electron chi connectivity index (χ3n) is 5.09. The lowest BCUT2D eigenvalue weighted by molar-refractivity contribution is -0.128. The van der Waals surface area contributed by atoms with Crippen LogP contribution >= 0.6 is 11.6 Å². The molecule has 0 atom stereocenters. The number of benzene rings is 2. The van der Waals surface area contributed by atoms with Crippen LogP contribution in [0.3, 0.4) is 0 Å². The van der Waals surface area contributed by atoms with E-state index in [1.54, 1.807) is 31.1 Å². The molecular weight excluding hydrogens is 472 g/mol. The maximum absolute atomic E-state index is 13.5. The van der Waals surface area contributed by atoms with Gasteiger partial charge in [-0.15, -0.1) is 0 Å². The number of likely N-dealkylation sites (N-methyl/N-ethyl adjacent to an activating group) is 2. The maximum atomic E-state index is 13.5. The Bertz CT molecular complexity index is 955. The lowest BCUT2D eigenvalue weighted by Crippen LogP contribution is -2.42. The van der Waals surface area contributed by atoms with Crippen molar-refractivity contribution in [1.82, 2.24) is 20.8 Å². The average Bonchev–Trinajstić information content (AvgIpc) is 2.86. The molecule has 2 aromatic carbocycles. The molecule has 1 amide bonds. The van der Waals surface area contributed by atoms with Crippen molar-refractivity contribution < 1.29 is 24.3 Å². The molecule has 0 aromatic heterocycles. The minimum Gasteiger partial charge on any atom is -0.394 e. The summed E-state index contributed by atoms with van der Waals surface area (Å²) in [6, 6.07) is 15.1. The summed E-state index contributed by atoms with van der Waals surface area (Å²) in [4.78, 5) is 27.8. The zero-order chi connectivity index (χ0) is 25.6. The second-order valence-electron chi connectivity index (χ2n) is 7.78. The molecule has 0 aliphatic carbocycles. The molecule has 2 aromatic rings. The molecular formula is C25H35ClN4O5. The van der Waals surface area contributed by atoms with E-state index in [9.17, 15) is 4.79 Å². The highest BCUT2D eigenvalue weighted by Crippen LogP contribution is 2.17. The Morgan fingerprint density at radius 1 is 1.03 bits per heavy atom. The van der Waals surface area contributed by atoms with Crippen LogP contribution in [-0.4, -0.2) is 68.4 Å². The number of amides is 1. The minimum atomic E-state index is -0.285. The van der Waals surface area contributed by atoms with E-state index in [0.717, 1.165) is 17.5 Å². The fourth-order valence-electron chi connectivity index (χ4n) is 3.21. The van der Waals surface area contributed by atoms with Crippen molar-refractivity contribution in [2.45, 2.75) is 19.9 Å². The van der Waals surface area contributed by atoms with Gasteiger partial charge >= 0.3 is 0 Å². The van der Waals surface area contributed by atoms with Crippen LogP contribution in [0.5, 0.6) is 5.75 Å². The standard InChI is InChI=1S/C25H35ClN4O5/c1-5-19-7-6-8-22(17-19)35-28-24(27-33-4)23(25(32)29(2)13-15-34-16-14-31)30(3)18-20-9-11-21(26)12-10-20/h6-12,17,27-28,31H,5,13-16,18H2,1-4H3/b24-23-. The first-order valence-electron chi connectivity index (χ1n) is 11.3. The molecule has 0 saturated carbocycles. The molecule has 192 valence electrons. The van der Waals surface area contributed by atoms with Gasteiger partial charge in [0.1, 0.15) is 5.70 Å². The fourth-order valence-corrected chi connectivity index (χ4v) is 3.34. The molecule has 0 aliphatic heterocycles. The van der Waals surface area contributed by atoms with E-state index in [2.05, 4.69) is 17.9 Å². The van der Waals surface area contributed by atoms with Crippen molar-refractivity contribution in [1.29, 1.82) is 0 Å². The van der Waals surface area contributed by atoms with Gasteiger partial charge in [-0.05, 0) is 41.8 Å². The smallest absolute Gasteiger partial charge is 0.273 e. The first-order valence-corrected chi connectivity index (χ1v) is 11.7. The molecule has 2 rings (SSSR count). The van der Waals surface area contributed by atoms with Crippen molar-refractivity contribution in [3.63, 3.8) is 0 Å². The van der Waals surface area contributed by atoms with E-state index in [4.69, 9.17) is 31.1 Å². The molecule has 0 fully saturated rings. The van der Waals surface area contributed by atoms with E-state index in [0.29, 0.717) is 23.9 Å². The number of hydroxylamine groups is 2. The first-order chi connectivity index (χ1) is 16.9. The van der Waals surface area contributed by atoms with Crippen LogP contribution in [0.15, 0.2) is 60.0 Å². The number of carbonyl (C=O) groups excluding carboxylic acids is 1. The van der Waals surface area contributed by atoms with E-state index in [-0.39, 0.29) is 37.2 Å². The molecule has 0 bridgehead atoms. The summed E-state index contributed by atoms with van der Waals surface area (Å²) in [6.45, 7) is 3.25. The minimum absolute atomic E-state index is 0.0744. The number of aryl methyl sites for hydroxylation is 1. The number of carbonyl (C=O) groups is 1. The fraction of sp³-hybridized carbons (Fsp3) is 0.400. The van der Waals surface area contributed by atoms with Crippen molar-refractivity contribution in [3.05, 3.63) is 76.2 Å². The van der Waals surface area contributed by atoms with Crippen molar-refractivity contribution >= 4 is 17.5 Å². The molecule has 3 N–H and O–H groups in total. The van der Waals surface area contributed by atoms with Gasteiger partial charge in [-0.1, -0.05) is 42.8 Å². The highest BCUT2D eigenvalue weighted by molar-refractivity contribution is 6.30. The number of aliphatic hydroxyl groups excluding tert-OH is 1. The lowest BCUT2D eigenvalue weighted by Gasteiger charge is -2.28. The van der Waals surface area contributed by atoms with Crippen LogP contribution in [0, 0.1) is 0 Å². The Morgan fingerprint density at radius 2 is 1.77 bits per heavy atom. The van der Waals surface area contributed by atoms with Gasteiger partial charge in [-0.25, -0.2) is 11.0 Å². The van der Waals surface area contributed by atoms with E-state index in [1.807, 2.05) is 36.4 Å². The predicted octanol–water partition coefficient (Wildman–Crippen LogP) is 2.71. The van der Waals surface area contributed by atoms with Gasteiger partial charge in [0.15, 0.2) is 11.6 Å². The summed E-state index contributed by atoms with van der Waals surface area (Å²) in [7, 11) is 4.93. The first kappa shape index (κ1) is 28.3. The monoisotopic (exact) mass is 506 g/mol. The summed E-state index contributed by atoms with van der Waals surface area (Å²) < 4.78 is 5.32. The van der Waals surface area contributed by atoms with E-state index < -0.39 is 0 Å². The van der Waals surface area contributed by atoms with Crippen LogP contribution in [0.1, 0.15) is 18.1 Å². The number of nitrogens with one attached hydrogen (secondary N) is 2. The van der Waals surface area contributed by atoms with Crippen LogP contribution in [0.25, 0.3) is 0 Å². The largest absolute Gasteiger partial charge is 0.394 e. The Kier molecular flexibility index (Phi) is 12.2. The molecule has 35 heavy (non-hydrogen) atoms. The molecule has 10 heteroatoms. The predicted molar refractivity (Wildman–Crippen MR) is 135 cm³/mol. The van der Waals surface area contributed by atoms with Crippen molar-refractivity contribution in [2.75, 3.05) is 47.6 Å². The normalized spacial score (nSPS) is 11.5. The highest BCUT2D eigenvalue weighted by atomic mass is 35.5. The van der Waals surface area contributed by atoms with Gasteiger partial charge in [-0.3, -0.25) is 9.63 Å². The van der Waals surface area contributed by atoms with Gasteiger partial charge in [0.2, 0.25) is 0 Å². The Hall–Kier alpha value is -2.98. The van der Waals surface area contributed by atoms with Gasteiger partial charge < -0.3 is 24.5 Å². The molecule has 0 radical (unpaired) electrons. The highest BCUT2D eigenvalue weighted by Gasteiger charge is 2.25. The molecule has 0 spiro atoms. The average molecular weight is 507 g/mol. The van der Waals surface area contributed by atoms with Gasteiger partial charge in [0.25, 0.3) is 5.91 Å². The van der Waals surface area contributed by atoms with Gasteiger partial charge in [0.05, 0.1) is 26.9 Å². The molecule has 0 heterocycles. The third kappa shape index (κ3) is 9.29. The number of aliphatic hydroxyl groups is 1. The molecule has 0 unspecified atom stereocenters. The molecule has 0 saturated heterocycles.